The van der Waals surface area contributed by atoms with Crippen molar-refractivity contribution < 1.29 is 9.84 Å². The van der Waals surface area contributed by atoms with Gasteiger partial charge in [-0.05, 0) is 31.5 Å². The van der Waals surface area contributed by atoms with Crippen LogP contribution >= 0.6 is 0 Å². The third-order valence-corrected chi connectivity index (χ3v) is 4.03. The Labute approximate surface area is 147 Å². The molecule has 0 unspecified atom stereocenters. The number of nitriles is 3. The number of ether oxygens (including phenoxy) is 1. The van der Waals surface area contributed by atoms with Crippen LogP contribution in [0.15, 0.2) is 41.2 Å². The van der Waals surface area contributed by atoms with E-state index in [9.17, 15) is 5.26 Å². The summed E-state index contributed by atoms with van der Waals surface area (Å²) in [7, 11) is 1.88. The van der Waals surface area contributed by atoms with Crippen LogP contribution in [0.25, 0.3) is 5.57 Å². The van der Waals surface area contributed by atoms with Gasteiger partial charge >= 0.3 is 0 Å². The van der Waals surface area contributed by atoms with Crippen LogP contribution in [-0.2, 0) is 4.74 Å². The van der Waals surface area contributed by atoms with Gasteiger partial charge in [0.15, 0.2) is 11.3 Å². The highest BCUT2D eigenvalue weighted by Crippen LogP contribution is 2.45. The van der Waals surface area contributed by atoms with Crippen molar-refractivity contribution in [1.29, 1.82) is 15.8 Å². The Bertz CT molecular complexity index is 843. The predicted octanol–water partition coefficient (Wildman–Crippen LogP) is 2.50. The summed E-state index contributed by atoms with van der Waals surface area (Å²) < 4.78 is 5.77. The van der Waals surface area contributed by atoms with Crippen LogP contribution < -0.4 is 4.90 Å². The van der Waals surface area contributed by atoms with E-state index in [1.807, 2.05) is 36.2 Å². The molecule has 0 radical (unpaired) electrons. The molecule has 6 heteroatoms. The molecule has 126 valence electrons. The molecule has 1 aromatic carbocycles. The van der Waals surface area contributed by atoms with Gasteiger partial charge in [-0.2, -0.15) is 15.8 Å². The molecule has 0 saturated heterocycles. The molecule has 0 saturated carbocycles. The minimum atomic E-state index is -0.835. The summed E-state index contributed by atoms with van der Waals surface area (Å²) in [6, 6.07) is 13.1. The van der Waals surface area contributed by atoms with E-state index >= 15 is 0 Å². The summed E-state index contributed by atoms with van der Waals surface area (Å²) in [4.78, 5) is 1.91. The first-order valence-electron chi connectivity index (χ1n) is 7.70. The van der Waals surface area contributed by atoms with Gasteiger partial charge < -0.3 is 14.7 Å². The van der Waals surface area contributed by atoms with Crippen LogP contribution in [0, 0.1) is 34.0 Å². The SMILES string of the molecule is CN(CCO)c1ccc(C2=C(C#N)C(=C(C#N)C#N)OC2(C)C)cc1. The zero-order chi connectivity index (χ0) is 18.6. The van der Waals surface area contributed by atoms with Gasteiger partial charge in [0, 0.05) is 24.9 Å². The zero-order valence-corrected chi connectivity index (χ0v) is 14.4. The molecule has 2 rings (SSSR count). The van der Waals surface area contributed by atoms with E-state index in [1.54, 1.807) is 26.0 Å². The lowest BCUT2D eigenvalue weighted by molar-refractivity contribution is 0.109. The number of anilines is 1. The molecule has 25 heavy (non-hydrogen) atoms. The van der Waals surface area contributed by atoms with Gasteiger partial charge in [-0.1, -0.05) is 12.1 Å². The number of allylic oxidation sites excluding steroid dienone is 2. The summed E-state index contributed by atoms with van der Waals surface area (Å²) in [6.07, 6.45) is 0. The molecular weight excluding hydrogens is 316 g/mol. The van der Waals surface area contributed by atoms with Crippen molar-refractivity contribution in [3.8, 4) is 18.2 Å². The number of benzene rings is 1. The number of likely N-dealkylation sites (N-methyl/N-ethyl adjacent to an activating group) is 1. The van der Waals surface area contributed by atoms with Crippen molar-refractivity contribution >= 4 is 11.3 Å². The lowest BCUT2D eigenvalue weighted by atomic mass is 9.89. The van der Waals surface area contributed by atoms with Crippen molar-refractivity contribution in [3.05, 3.63) is 46.7 Å². The second kappa shape index (κ2) is 7.09. The molecule has 6 nitrogen and oxygen atoms in total. The van der Waals surface area contributed by atoms with E-state index in [2.05, 4.69) is 6.07 Å². The first kappa shape index (κ1) is 18.1. The molecule has 0 aliphatic carbocycles. The third kappa shape index (κ3) is 3.33. The highest BCUT2D eigenvalue weighted by molar-refractivity contribution is 5.84. The van der Waals surface area contributed by atoms with Crippen LogP contribution in [0.2, 0.25) is 0 Å². The molecular formula is C19H18N4O2. The first-order chi connectivity index (χ1) is 11.9. The van der Waals surface area contributed by atoms with Gasteiger partial charge in [0.1, 0.15) is 29.4 Å². The standard InChI is InChI=1S/C19H18N4O2/c1-19(2)17(16(12-22)18(25-19)14(10-20)11-21)13-4-6-15(7-5-13)23(3)8-9-24/h4-7,24H,8-9H2,1-3H3. The summed E-state index contributed by atoms with van der Waals surface area (Å²) in [5.74, 6) is 0.0361. The van der Waals surface area contributed by atoms with Crippen molar-refractivity contribution in [2.24, 2.45) is 0 Å². The van der Waals surface area contributed by atoms with Crippen molar-refractivity contribution in [3.63, 3.8) is 0 Å². The van der Waals surface area contributed by atoms with E-state index < -0.39 is 5.60 Å². The molecule has 1 aliphatic heterocycles. The fourth-order valence-electron chi connectivity index (χ4n) is 2.83. The molecule has 0 fully saturated rings. The fraction of sp³-hybridized carbons (Fsp3) is 0.316. The Morgan fingerprint density at radius 1 is 1.16 bits per heavy atom. The normalized spacial score (nSPS) is 15.0. The number of hydrogen-bond donors (Lipinski definition) is 1. The molecule has 0 amide bonds. The Morgan fingerprint density at radius 2 is 1.76 bits per heavy atom. The van der Waals surface area contributed by atoms with E-state index in [1.165, 1.54) is 0 Å². The van der Waals surface area contributed by atoms with Crippen LogP contribution in [-0.4, -0.2) is 30.9 Å². The molecule has 0 bridgehead atoms. The minimum Gasteiger partial charge on any atom is -0.480 e. The smallest absolute Gasteiger partial charge is 0.172 e. The number of aliphatic hydroxyl groups excluding tert-OH is 1. The average Bonchev–Trinajstić information content (AvgIpc) is 2.87. The average molecular weight is 334 g/mol. The number of aliphatic hydroxyl groups is 1. The second-order valence-electron chi connectivity index (χ2n) is 6.09. The summed E-state index contributed by atoms with van der Waals surface area (Å²) >= 11 is 0. The molecule has 1 heterocycles. The van der Waals surface area contributed by atoms with Gasteiger partial charge in [0.2, 0.25) is 0 Å². The molecule has 1 aromatic rings. The number of hydrogen-bond acceptors (Lipinski definition) is 6. The summed E-state index contributed by atoms with van der Waals surface area (Å²) in [6.45, 7) is 4.17. The topological polar surface area (TPSA) is 104 Å². The number of rotatable bonds is 4. The Hall–Kier alpha value is -3.27. The van der Waals surface area contributed by atoms with Crippen molar-refractivity contribution in [2.75, 3.05) is 25.1 Å². The van der Waals surface area contributed by atoms with Gasteiger partial charge in [-0.15, -0.1) is 0 Å². The predicted molar refractivity (Wildman–Crippen MR) is 92.7 cm³/mol. The molecule has 0 spiro atoms. The van der Waals surface area contributed by atoms with E-state index in [0.717, 1.165) is 11.3 Å². The van der Waals surface area contributed by atoms with Crippen LogP contribution in [0.1, 0.15) is 19.4 Å². The summed E-state index contributed by atoms with van der Waals surface area (Å²) in [5, 5.41) is 36.8. The molecule has 1 N–H and O–H groups in total. The molecule has 0 atom stereocenters. The van der Waals surface area contributed by atoms with E-state index in [4.69, 9.17) is 20.4 Å². The Balaban J connectivity index is 2.58. The lowest BCUT2D eigenvalue weighted by Gasteiger charge is -2.23. The fourth-order valence-corrected chi connectivity index (χ4v) is 2.83. The first-order valence-corrected chi connectivity index (χ1v) is 7.70. The Morgan fingerprint density at radius 3 is 2.24 bits per heavy atom. The highest BCUT2D eigenvalue weighted by Gasteiger charge is 2.40. The number of nitrogens with zero attached hydrogens (tertiary/aromatic N) is 4. The van der Waals surface area contributed by atoms with Crippen LogP contribution in [0.4, 0.5) is 5.69 Å². The van der Waals surface area contributed by atoms with Crippen LogP contribution in [0.5, 0.6) is 0 Å². The van der Waals surface area contributed by atoms with Gasteiger partial charge in [0.25, 0.3) is 0 Å². The lowest BCUT2D eigenvalue weighted by Crippen LogP contribution is -2.22. The summed E-state index contributed by atoms with van der Waals surface area (Å²) in [5.41, 5.74) is 1.52. The van der Waals surface area contributed by atoms with E-state index in [0.29, 0.717) is 12.1 Å². The van der Waals surface area contributed by atoms with Gasteiger partial charge in [-0.3, -0.25) is 0 Å². The van der Waals surface area contributed by atoms with Crippen molar-refractivity contribution in [1.82, 2.24) is 0 Å². The van der Waals surface area contributed by atoms with Gasteiger partial charge in [-0.25, -0.2) is 0 Å². The maximum atomic E-state index is 9.58. The molecule has 0 aromatic heterocycles. The quantitative estimate of drug-likeness (QED) is 0.848. The maximum absolute atomic E-state index is 9.58. The maximum Gasteiger partial charge on any atom is 0.172 e. The zero-order valence-electron chi connectivity index (χ0n) is 14.4. The monoisotopic (exact) mass is 334 g/mol. The van der Waals surface area contributed by atoms with Crippen molar-refractivity contribution in [2.45, 2.75) is 19.4 Å². The van der Waals surface area contributed by atoms with E-state index in [-0.39, 0.29) is 23.5 Å². The molecule has 1 aliphatic rings. The highest BCUT2D eigenvalue weighted by atomic mass is 16.5. The van der Waals surface area contributed by atoms with Gasteiger partial charge in [0.05, 0.1) is 6.61 Å². The largest absolute Gasteiger partial charge is 0.480 e. The Kier molecular flexibility index (Phi) is 5.13. The third-order valence-electron chi connectivity index (χ3n) is 4.03. The van der Waals surface area contributed by atoms with Crippen LogP contribution in [0.3, 0.4) is 0 Å². The minimum absolute atomic E-state index is 0.0361. The second-order valence-corrected chi connectivity index (χ2v) is 6.09.